The van der Waals surface area contributed by atoms with Gasteiger partial charge >= 0.3 is 0 Å². The van der Waals surface area contributed by atoms with Crippen molar-refractivity contribution >= 4 is 11.8 Å². The highest BCUT2D eigenvalue weighted by Gasteiger charge is 2.27. The van der Waals surface area contributed by atoms with Crippen LogP contribution in [0, 0.1) is 0 Å². The van der Waals surface area contributed by atoms with Crippen molar-refractivity contribution in [1.29, 1.82) is 0 Å². The van der Waals surface area contributed by atoms with E-state index in [2.05, 4.69) is 4.98 Å². The fourth-order valence-corrected chi connectivity index (χ4v) is 3.03. The van der Waals surface area contributed by atoms with Crippen LogP contribution in [0.2, 0.25) is 0 Å². The zero-order valence-corrected chi connectivity index (χ0v) is 15.1. The molecule has 0 atom stereocenters. The Bertz CT molecular complexity index is 806. The number of carbonyl (C=O) groups excluding carboxylic acids is 2. The summed E-state index contributed by atoms with van der Waals surface area (Å²) in [7, 11) is 1.62. The largest absolute Gasteiger partial charge is 0.497 e. The number of piperazine rings is 1. The lowest BCUT2D eigenvalue weighted by Gasteiger charge is -2.34. The molecule has 1 saturated heterocycles. The van der Waals surface area contributed by atoms with Crippen LogP contribution < -0.4 is 4.74 Å². The number of amides is 2. The molecule has 0 bridgehead atoms. The highest BCUT2D eigenvalue weighted by Crippen LogP contribution is 2.17. The Kier molecular flexibility index (Phi) is 5.51. The summed E-state index contributed by atoms with van der Waals surface area (Å²) in [5.74, 6) is 0.613. The van der Waals surface area contributed by atoms with Crippen LogP contribution in [0.25, 0.3) is 0 Å². The second-order valence-electron chi connectivity index (χ2n) is 6.28. The van der Waals surface area contributed by atoms with Gasteiger partial charge in [0.1, 0.15) is 12.3 Å². The summed E-state index contributed by atoms with van der Waals surface area (Å²) in [5, 5.41) is 0. The minimum Gasteiger partial charge on any atom is -0.497 e. The van der Waals surface area contributed by atoms with Gasteiger partial charge in [-0.1, -0.05) is 19.1 Å². The van der Waals surface area contributed by atoms with Gasteiger partial charge < -0.3 is 14.5 Å². The van der Waals surface area contributed by atoms with Crippen LogP contribution in [0.4, 0.5) is 0 Å². The van der Waals surface area contributed by atoms with E-state index in [0.29, 0.717) is 25.2 Å². The Morgan fingerprint density at radius 1 is 1.23 bits per heavy atom. The zero-order valence-electron chi connectivity index (χ0n) is 15.1. The van der Waals surface area contributed by atoms with Gasteiger partial charge in [-0.15, -0.1) is 0 Å². The molecule has 6 heteroatoms. The molecule has 0 aliphatic carbocycles. The number of pyridine rings is 1. The van der Waals surface area contributed by atoms with Crippen molar-refractivity contribution in [2.75, 3.05) is 26.7 Å². The Labute approximate surface area is 153 Å². The first-order valence-corrected chi connectivity index (χ1v) is 8.75. The van der Waals surface area contributed by atoms with Gasteiger partial charge in [0, 0.05) is 37.1 Å². The second-order valence-corrected chi connectivity index (χ2v) is 6.28. The first kappa shape index (κ1) is 17.9. The first-order chi connectivity index (χ1) is 12.6. The minimum absolute atomic E-state index is 0.0443. The van der Waals surface area contributed by atoms with Crippen molar-refractivity contribution in [3.63, 3.8) is 0 Å². The Morgan fingerprint density at radius 2 is 2.08 bits per heavy atom. The van der Waals surface area contributed by atoms with Crippen molar-refractivity contribution in [3.8, 4) is 5.75 Å². The average molecular weight is 353 g/mol. The molecule has 136 valence electrons. The van der Waals surface area contributed by atoms with Crippen LogP contribution in [-0.4, -0.2) is 53.3 Å². The lowest BCUT2D eigenvalue weighted by Crippen LogP contribution is -2.51. The van der Waals surface area contributed by atoms with Gasteiger partial charge in [0.2, 0.25) is 5.91 Å². The summed E-state index contributed by atoms with van der Waals surface area (Å²) in [5.41, 5.74) is 2.48. The van der Waals surface area contributed by atoms with Crippen LogP contribution in [-0.2, 0) is 17.8 Å². The van der Waals surface area contributed by atoms with Gasteiger partial charge in [0.25, 0.3) is 5.91 Å². The van der Waals surface area contributed by atoms with Crippen LogP contribution in [0.15, 0.2) is 42.6 Å². The number of hydrogen-bond acceptors (Lipinski definition) is 4. The standard InChI is InChI=1S/C20H23N3O3/c1-3-17-12-16(7-8-21-17)20(25)23-10-9-22(19(24)14-23)13-15-5-4-6-18(11-15)26-2/h4-8,11-12H,3,9-10,13-14H2,1-2H3. The normalized spacial score (nSPS) is 14.5. The number of carbonyl (C=O) groups is 2. The first-order valence-electron chi connectivity index (χ1n) is 8.75. The molecular formula is C20H23N3O3. The minimum atomic E-state index is -0.114. The van der Waals surface area contributed by atoms with Gasteiger partial charge in [-0.05, 0) is 36.2 Å². The van der Waals surface area contributed by atoms with E-state index in [1.165, 1.54) is 0 Å². The SMILES string of the molecule is CCc1cc(C(=O)N2CCN(Cc3cccc(OC)c3)C(=O)C2)ccn1. The van der Waals surface area contributed by atoms with Crippen molar-refractivity contribution in [3.05, 3.63) is 59.4 Å². The molecule has 0 radical (unpaired) electrons. The van der Waals surface area contributed by atoms with Gasteiger partial charge in [-0.3, -0.25) is 14.6 Å². The van der Waals surface area contributed by atoms with Crippen molar-refractivity contribution in [1.82, 2.24) is 14.8 Å². The molecule has 6 nitrogen and oxygen atoms in total. The number of aromatic nitrogens is 1. The maximum Gasteiger partial charge on any atom is 0.254 e. The third-order valence-electron chi connectivity index (χ3n) is 4.54. The van der Waals surface area contributed by atoms with Crippen LogP contribution in [0.1, 0.15) is 28.5 Å². The monoisotopic (exact) mass is 353 g/mol. The second kappa shape index (κ2) is 7.99. The average Bonchev–Trinajstić information content (AvgIpc) is 2.69. The topological polar surface area (TPSA) is 62.7 Å². The lowest BCUT2D eigenvalue weighted by molar-refractivity contribution is -0.135. The van der Waals surface area contributed by atoms with Gasteiger partial charge in [-0.25, -0.2) is 0 Å². The Morgan fingerprint density at radius 3 is 2.81 bits per heavy atom. The molecule has 0 spiro atoms. The number of rotatable bonds is 5. The highest BCUT2D eigenvalue weighted by atomic mass is 16.5. The molecule has 1 aromatic heterocycles. The number of methoxy groups -OCH3 is 1. The smallest absolute Gasteiger partial charge is 0.254 e. The number of benzene rings is 1. The van der Waals surface area contributed by atoms with Gasteiger partial charge in [-0.2, -0.15) is 0 Å². The van der Waals surface area contributed by atoms with E-state index in [9.17, 15) is 9.59 Å². The number of nitrogens with zero attached hydrogens (tertiary/aromatic N) is 3. The Balaban J connectivity index is 1.64. The zero-order chi connectivity index (χ0) is 18.5. The molecule has 1 aromatic carbocycles. The summed E-state index contributed by atoms with van der Waals surface area (Å²) in [6, 6.07) is 11.2. The number of hydrogen-bond donors (Lipinski definition) is 0. The molecule has 2 heterocycles. The molecular weight excluding hydrogens is 330 g/mol. The van der Waals surface area contributed by atoms with E-state index in [-0.39, 0.29) is 18.4 Å². The van der Waals surface area contributed by atoms with E-state index in [1.807, 2.05) is 31.2 Å². The highest BCUT2D eigenvalue weighted by molar-refractivity contribution is 5.97. The third-order valence-corrected chi connectivity index (χ3v) is 4.54. The fourth-order valence-electron chi connectivity index (χ4n) is 3.03. The molecule has 1 fully saturated rings. The molecule has 0 unspecified atom stereocenters. The summed E-state index contributed by atoms with van der Waals surface area (Å²) in [6.45, 7) is 3.67. The third kappa shape index (κ3) is 4.02. The molecule has 2 amide bonds. The lowest BCUT2D eigenvalue weighted by atomic mass is 10.1. The van der Waals surface area contributed by atoms with Crippen molar-refractivity contribution in [2.45, 2.75) is 19.9 Å². The maximum absolute atomic E-state index is 12.7. The molecule has 3 rings (SSSR count). The molecule has 0 saturated carbocycles. The van der Waals surface area contributed by atoms with Crippen LogP contribution in [0.5, 0.6) is 5.75 Å². The quantitative estimate of drug-likeness (QED) is 0.826. The Hall–Kier alpha value is -2.89. The predicted molar refractivity (Wildman–Crippen MR) is 97.9 cm³/mol. The maximum atomic E-state index is 12.7. The summed E-state index contributed by atoms with van der Waals surface area (Å²) >= 11 is 0. The summed E-state index contributed by atoms with van der Waals surface area (Å²) in [6.07, 6.45) is 2.42. The van der Waals surface area contributed by atoms with E-state index in [1.54, 1.807) is 35.2 Å². The van der Waals surface area contributed by atoms with E-state index < -0.39 is 0 Å². The van der Waals surface area contributed by atoms with E-state index in [0.717, 1.165) is 23.4 Å². The van der Waals surface area contributed by atoms with Crippen LogP contribution in [0.3, 0.4) is 0 Å². The molecule has 26 heavy (non-hydrogen) atoms. The summed E-state index contributed by atoms with van der Waals surface area (Å²) in [4.78, 5) is 32.8. The van der Waals surface area contributed by atoms with E-state index in [4.69, 9.17) is 4.74 Å². The molecule has 1 aliphatic rings. The van der Waals surface area contributed by atoms with Gasteiger partial charge in [0.15, 0.2) is 0 Å². The molecule has 2 aromatic rings. The number of ether oxygens (including phenoxy) is 1. The fraction of sp³-hybridized carbons (Fsp3) is 0.350. The summed E-state index contributed by atoms with van der Waals surface area (Å²) < 4.78 is 5.23. The molecule has 1 aliphatic heterocycles. The number of aryl methyl sites for hydroxylation is 1. The predicted octanol–water partition coefficient (Wildman–Crippen LogP) is 2.14. The van der Waals surface area contributed by atoms with Crippen LogP contribution >= 0.6 is 0 Å². The molecule has 0 N–H and O–H groups in total. The van der Waals surface area contributed by atoms with Crippen molar-refractivity contribution < 1.29 is 14.3 Å². The van der Waals surface area contributed by atoms with Crippen molar-refractivity contribution in [2.24, 2.45) is 0 Å². The van der Waals surface area contributed by atoms with E-state index >= 15 is 0 Å². The van der Waals surface area contributed by atoms with Gasteiger partial charge in [0.05, 0.1) is 7.11 Å².